The molecule has 4 unspecified atom stereocenters. The minimum atomic E-state index is -0.191. The summed E-state index contributed by atoms with van der Waals surface area (Å²) in [6.45, 7) is 24.3. The SMILES string of the molecule is Cc1cc(C2(c3ccc(Oc4cc(Oc5ccc(C6(c7ccc(OCc8ccccc8)c(C)c7)CC(C)CC(C)(C)C6)cc5C)nc(-c5ccccc5)n4)c(C)c3)CC(C)CC(C)(C)C2)ccc1OCc1ccccc1. The van der Waals surface area contributed by atoms with Crippen LogP contribution in [0.2, 0.25) is 0 Å². The van der Waals surface area contributed by atoms with E-state index in [1.165, 1.54) is 35.1 Å². The van der Waals surface area contributed by atoms with Crippen LogP contribution in [-0.2, 0) is 24.0 Å². The van der Waals surface area contributed by atoms with E-state index < -0.39 is 0 Å². The highest BCUT2D eigenvalue weighted by molar-refractivity contribution is 5.57. The fraction of sp³-hybridized carbons (Fsp3) is 0.343. The van der Waals surface area contributed by atoms with Crippen molar-refractivity contribution in [3.63, 3.8) is 0 Å². The van der Waals surface area contributed by atoms with Crippen LogP contribution < -0.4 is 18.9 Å². The summed E-state index contributed by atoms with van der Waals surface area (Å²) in [6, 6.07) is 59.9. The maximum Gasteiger partial charge on any atom is 0.226 e. The van der Waals surface area contributed by atoms with Crippen molar-refractivity contribution in [2.45, 2.75) is 132 Å². The first-order valence-corrected chi connectivity index (χ1v) is 27.5. The molecule has 0 amide bonds. The highest BCUT2D eigenvalue weighted by Gasteiger charge is 2.47. The van der Waals surface area contributed by atoms with Gasteiger partial charge in [0.25, 0.3) is 0 Å². The van der Waals surface area contributed by atoms with Gasteiger partial charge in [-0.15, -0.1) is 0 Å². The summed E-state index contributed by atoms with van der Waals surface area (Å²) >= 11 is 0. The lowest BCUT2D eigenvalue weighted by atomic mass is 9.55. The van der Waals surface area contributed by atoms with E-state index in [-0.39, 0.29) is 21.7 Å². The van der Waals surface area contributed by atoms with Gasteiger partial charge >= 0.3 is 0 Å². The zero-order valence-electron chi connectivity index (χ0n) is 46.5. The molecule has 0 aliphatic heterocycles. The highest BCUT2D eigenvalue weighted by Crippen LogP contribution is 2.56. The van der Waals surface area contributed by atoms with Crippen molar-refractivity contribution in [2.75, 3.05) is 0 Å². The summed E-state index contributed by atoms with van der Waals surface area (Å²) in [5.41, 5.74) is 12.8. The first-order chi connectivity index (χ1) is 36.4. The lowest BCUT2D eigenvalue weighted by Crippen LogP contribution is -2.41. The summed E-state index contributed by atoms with van der Waals surface area (Å²) in [7, 11) is 0. The predicted molar refractivity (Wildman–Crippen MR) is 309 cm³/mol. The molecule has 2 fully saturated rings. The van der Waals surface area contributed by atoms with Crippen LogP contribution in [0.3, 0.4) is 0 Å². The zero-order chi connectivity index (χ0) is 53.2. The van der Waals surface area contributed by atoms with E-state index in [1.54, 1.807) is 0 Å². The molecule has 6 nitrogen and oxygen atoms in total. The Kier molecular flexibility index (Phi) is 14.8. The second-order valence-electron chi connectivity index (χ2n) is 24.3. The number of aromatic nitrogens is 2. The molecule has 0 spiro atoms. The van der Waals surface area contributed by atoms with E-state index in [2.05, 4.69) is 191 Å². The molecule has 4 atom stereocenters. The summed E-state index contributed by atoms with van der Waals surface area (Å²) in [5, 5.41) is 0. The Morgan fingerprint density at radius 3 is 1.09 bits per heavy atom. The first kappa shape index (κ1) is 52.3. The Hall–Kier alpha value is -7.18. The van der Waals surface area contributed by atoms with Crippen LogP contribution in [0.1, 0.15) is 136 Å². The number of nitrogens with zero attached hydrogens (tertiary/aromatic N) is 2. The molecule has 2 saturated carbocycles. The van der Waals surface area contributed by atoms with E-state index in [0.29, 0.717) is 42.6 Å². The molecule has 0 N–H and O–H groups in total. The van der Waals surface area contributed by atoms with E-state index in [1.807, 2.05) is 48.5 Å². The predicted octanol–water partition coefficient (Wildman–Crippen LogP) is 18.4. The molecular formula is C70H76N2O4. The minimum absolute atomic E-state index is 0.151. The van der Waals surface area contributed by atoms with Gasteiger partial charge < -0.3 is 18.9 Å². The lowest BCUT2D eigenvalue weighted by Gasteiger charge is -2.49. The van der Waals surface area contributed by atoms with Crippen LogP contribution in [0.4, 0.5) is 0 Å². The van der Waals surface area contributed by atoms with Gasteiger partial charge in [0.15, 0.2) is 5.82 Å². The summed E-state index contributed by atoms with van der Waals surface area (Å²) in [4.78, 5) is 10.0. The summed E-state index contributed by atoms with van der Waals surface area (Å²) in [5.74, 6) is 5.79. The van der Waals surface area contributed by atoms with Crippen molar-refractivity contribution in [1.29, 1.82) is 0 Å². The molecular weight excluding hydrogens is 933 g/mol. The number of ether oxygens (including phenoxy) is 4. The number of hydrogen-bond donors (Lipinski definition) is 0. The topological polar surface area (TPSA) is 62.7 Å². The van der Waals surface area contributed by atoms with Gasteiger partial charge in [0.1, 0.15) is 36.2 Å². The van der Waals surface area contributed by atoms with Crippen molar-refractivity contribution in [2.24, 2.45) is 22.7 Å². The van der Waals surface area contributed by atoms with E-state index >= 15 is 0 Å². The average molecular weight is 1010 g/mol. The fourth-order valence-electron chi connectivity index (χ4n) is 13.6. The second-order valence-corrected chi connectivity index (χ2v) is 24.3. The van der Waals surface area contributed by atoms with Crippen LogP contribution in [0.25, 0.3) is 11.4 Å². The largest absolute Gasteiger partial charge is 0.489 e. The van der Waals surface area contributed by atoms with Crippen LogP contribution in [0.5, 0.6) is 34.8 Å². The van der Waals surface area contributed by atoms with Gasteiger partial charge in [0, 0.05) is 16.4 Å². The third-order valence-corrected chi connectivity index (χ3v) is 16.3. The van der Waals surface area contributed by atoms with Crippen LogP contribution in [0.15, 0.2) is 170 Å². The van der Waals surface area contributed by atoms with Gasteiger partial charge in [-0.05, 0) is 169 Å². The molecule has 2 aliphatic carbocycles. The number of benzene rings is 7. The zero-order valence-corrected chi connectivity index (χ0v) is 46.5. The number of aryl methyl sites for hydroxylation is 4. The maximum absolute atomic E-state index is 6.81. The van der Waals surface area contributed by atoms with E-state index in [4.69, 9.17) is 28.9 Å². The monoisotopic (exact) mass is 1010 g/mol. The Bertz CT molecular complexity index is 3110. The lowest BCUT2D eigenvalue weighted by molar-refractivity contribution is 0.126. The van der Waals surface area contributed by atoms with Gasteiger partial charge in [0.2, 0.25) is 11.8 Å². The summed E-state index contributed by atoms with van der Waals surface area (Å²) in [6.07, 6.45) is 6.58. The molecule has 0 bridgehead atoms. The van der Waals surface area contributed by atoms with Crippen molar-refractivity contribution >= 4 is 0 Å². The molecule has 0 saturated heterocycles. The third-order valence-electron chi connectivity index (χ3n) is 16.3. The Balaban J connectivity index is 0.945. The van der Waals surface area contributed by atoms with Gasteiger partial charge in [-0.25, -0.2) is 0 Å². The molecule has 7 aromatic carbocycles. The molecule has 390 valence electrons. The van der Waals surface area contributed by atoms with Gasteiger partial charge in [-0.2, -0.15) is 9.97 Å². The molecule has 1 aromatic heterocycles. The molecule has 8 aromatic rings. The van der Waals surface area contributed by atoms with Crippen LogP contribution in [-0.4, -0.2) is 9.97 Å². The minimum Gasteiger partial charge on any atom is -0.489 e. The molecule has 2 aliphatic rings. The van der Waals surface area contributed by atoms with Crippen LogP contribution >= 0.6 is 0 Å². The third kappa shape index (κ3) is 11.5. The number of hydrogen-bond acceptors (Lipinski definition) is 6. The van der Waals surface area contributed by atoms with E-state index in [0.717, 1.165) is 87.6 Å². The van der Waals surface area contributed by atoms with Crippen molar-refractivity contribution in [1.82, 2.24) is 9.97 Å². The average Bonchev–Trinajstić information content (AvgIpc) is 3.43. The van der Waals surface area contributed by atoms with Crippen molar-refractivity contribution in [3.8, 4) is 46.1 Å². The smallest absolute Gasteiger partial charge is 0.226 e. The van der Waals surface area contributed by atoms with Gasteiger partial charge in [0.05, 0.1) is 6.07 Å². The normalized spacial score (nSPS) is 20.9. The highest BCUT2D eigenvalue weighted by atomic mass is 16.5. The van der Waals surface area contributed by atoms with Gasteiger partial charge in [-0.1, -0.05) is 181 Å². The molecule has 6 heteroatoms. The molecule has 76 heavy (non-hydrogen) atoms. The molecule has 1 heterocycles. The Labute approximate surface area is 452 Å². The standard InChI is InChI=1S/C70H76N2O4/c1-47-39-67(7,8)45-69(41-47,56-26-30-60(49(3)34-56)73-43-53-20-14-11-15-21-53)58-28-32-62(51(5)36-58)75-64-38-65(72-66(71-64)55-24-18-13-19-25-55)76-63-33-29-59(37-52(63)6)70(42-48(2)40-68(9,10)46-70)57-27-31-61(50(4)35-57)74-44-54-22-16-12-17-23-54/h11-38,47-48H,39-46H2,1-10H3. The van der Waals surface area contributed by atoms with Crippen LogP contribution in [0, 0.1) is 50.4 Å². The Morgan fingerprint density at radius 1 is 0.408 bits per heavy atom. The second kappa shape index (κ2) is 21.4. The fourth-order valence-corrected chi connectivity index (χ4v) is 13.6. The number of rotatable bonds is 15. The maximum atomic E-state index is 6.81. The van der Waals surface area contributed by atoms with E-state index in [9.17, 15) is 0 Å². The molecule has 10 rings (SSSR count). The quantitative estimate of drug-likeness (QED) is 0.102. The molecule has 0 radical (unpaired) electrons. The van der Waals surface area contributed by atoms with Crippen molar-refractivity contribution in [3.05, 3.63) is 225 Å². The Morgan fingerprint density at radius 2 is 0.750 bits per heavy atom. The summed E-state index contributed by atoms with van der Waals surface area (Å²) < 4.78 is 26.4. The van der Waals surface area contributed by atoms with Gasteiger partial charge in [-0.3, -0.25) is 0 Å². The first-order valence-electron chi connectivity index (χ1n) is 27.5. The van der Waals surface area contributed by atoms with Crippen molar-refractivity contribution < 1.29 is 18.9 Å².